The van der Waals surface area contributed by atoms with Gasteiger partial charge in [0.2, 0.25) is 0 Å². The summed E-state index contributed by atoms with van der Waals surface area (Å²) in [4.78, 5) is 16.4. The first-order valence-corrected chi connectivity index (χ1v) is 6.91. The number of carbonyl (C=O) groups excluding carboxylic acids is 1. The number of halogens is 1. The molecule has 1 aromatic carbocycles. The minimum Gasteiger partial charge on any atom is -0.493 e. The highest BCUT2D eigenvalue weighted by atomic mass is 35.5. The molecule has 0 aliphatic carbocycles. The Balaban J connectivity index is 2.38. The van der Waals surface area contributed by atoms with Crippen LogP contribution >= 0.6 is 11.6 Å². The zero-order valence-electron chi connectivity index (χ0n) is 12.4. The standard InChI is InChI=1S/C14H18ClN3O3/c1-7(2)16-14-17-11(13(19)18-14)8-5-6-9(20-3)12(21-4)10(8)15/h5-7,11H,1-4H3,(H2,16,17,18,19). The molecule has 2 rings (SSSR count). The zero-order valence-corrected chi connectivity index (χ0v) is 13.1. The van der Waals surface area contributed by atoms with E-state index in [0.29, 0.717) is 28.0 Å². The van der Waals surface area contributed by atoms with Crippen molar-refractivity contribution in [2.24, 2.45) is 4.99 Å². The molecule has 2 N–H and O–H groups in total. The molecule has 1 unspecified atom stereocenters. The van der Waals surface area contributed by atoms with Crippen molar-refractivity contribution in [1.29, 1.82) is 0 Å². The van der Waals surface area contributed by atoms with Crippen LogP contribution in [0.5, 0.6) is 11.5 Å². The fraction of sp³-hybridized carbons (Fsp3) is 0.429. The maximum absolute atomic E-state index is 12.1. The molecule has 0 aromatic heterocycles. The molecule has 1 heterocycles. The van der Waals surface area contributed by atoms with Gasteiger partial charge in [-0.2, -0.15) is 0 Å². The highest BCUT2D eigenvalue weighted by Crippen LogP contribution is 2.41. The Hall–Kier alpha value is -1.95. The van der Waals surface area contributed by atoms with Crippen molar-refractivity contribution in [3.8, 4) is 11.5 Å². The first kappa shape index (κ1) is 15.4. The quantitative estimate of drug-likeness (QED) is 0.890. The summed E-state index contributed by atoms with van der Waals surface area (Å²) in [5, 5.41) is 6.08. The van der Waals surface area contributed by atoms with Gasteiger partial charge < -0.3 is 14.8 Å². The topological polar surface area (TPSA) is 72.0 Å². The Morgan fingerprint density at radius 3 is 2.62 bits per heavy atom. The van der Waals surface area contributed by atoms with E-state index in [0.717, 1.165) is 0 Å². The molecule has 0 radical (unpaired) electrons. The van der Waals surface area contributed by atoms with Gasteiger partial charge in [-0.1, -0.05) is 17.7 Å². The van der Waals surface area contributed by atoms with E-state index in [2.05, 4.69) is 15.6 Å². The SMILES string of the molecule is COc1ccc(C2N=C(NC(C)C)NC2=O)c(Cl)c1OC. The van der Waals surface area contributed by atoms with E-state index in [9.17, 15) is 4.79 Å². The van der Waals surface area contributed by atoms with Crippen molar-refractivity contribution in [2.45, 2.75) is 25.9 Å². The summed E-state index contributed by atoms with van der Waals surface area (Å²) in [7, 11) is 3.02. The van der Waals surface area contributed by atoms with Gasteiger partial charge in [0, 0.05) is 11.6 Å². The van der Waals surface area contributed by atoms with Crippen LogP contribution in [0.1, 0.15) is 25.5 Å². The van der Waals surface area contributed by atoms with Crippen LogP contribution in [0.15, 0.2) is 17.1 Å². The molecule has 0 saturated carbocycles. The summed E-state index contributed by atoms with van der Waals surface area (Å²) >= 11 is 6.32. The van der Waals surface area contributed by atoms with Crippen LogP contribution in [0.3, 0.4) is 0 Å². The van der Waals surface area contributed by atoms with E-state index in [1.54, 1.807) is 12.1 Å². The predicted molar refractivity (Wildman–Crippen MR) is 81.1 cm³/mol. The number of nitrogens with one attached hydrogen (secondary N) is 2. The smallest absolute Gasteiger partial charge is 0.256 e. The van der Waals surface area contributed by atoms with Crippen LogP contribution in [0.2, 0.25) is 5.02 Å². The van der Waals surface area contributed by atoms with Gasteiger partial charge in [0.15, 0.2) is 23.5 Å². The molecule has 1 amide bonds. The summed E-state index contributed by atoms with van der Waals surface area (Å²) in [5.41, 5.74) is 0.576. The summed E-state index contributed by atoms with van der Waals surface area (Å²) in [6.07, 6.45) is 0. The maximum Gasteiger partial charge on any atom is 0.256 e. The highest BCUT2D eigenvalue weighted by molar-refractivity contribution is 6.33. The number of hydrogen-bond acceptors (Lipinski definition) is 5. The second kappa shape index (κ2) is 6.22. The third-order valence-corrected chi connectivity index (χ3v) is 3.37. The number of aliphatic imine (C=N–C) groups is 1. The number of ether oxygens (including phenoxy) is 2. The second-order valence-electron chi connectivity index (χ2n) is 4.87. The van der Waals surface area contributed by atoms with E-state index in [-0.39, 0.29) is 11.9 Å². The maximum atomic E-state index is 12.1. The van der Waals surface area contributed by atoms with Crippen molar-refractivity contribution in [1.82, 2.24) is 10.6 Å². The predicted octanol–water partition coefficient (Wildman–Crippen LogP) is 1.88. The van der Waals surface area contributed by atoms with E-state index in [1.807, 2.05) is 13.8 Å². The van der Waals surface area contributed by atoms with Gasteiger partial charge in [-0.3, -0.25) is 10.1 Å². The molecule has 1 aliphatic heterocycles. The number of rotatable bonds is 4. The number of carbonyl (C=O) groups is 1. The van der Waals surface area contributed by atoms with Crippen molar-refractivity contribution in [3.63, 3.8) is 0 Å². The average Bonchev–Trinajstić information content (AvgIpc) is 2.77. The zero-order chi connectivity index (χ0) is 15.6. The molecule has 21 heavy (non-hydrogen) atoms. The van der Waals surface area contributed by atoms with E-state index < -0.39 is 6.04 Å². The van der Waals surface area contributed by atoms with E-state index in [1.165, 1.54) is 14.2 Å². The lowest BCUT2D eigenvalue weighted by molar-refractivity contribution is -0.120. The van der Waals surface area contributed by atoms with Crippen molar-refractivity contribution in [2.75, 3.05) is 14.2 Å². The molecule has 0 fully saturated rings. The lowest BCUT2D eigenvalue weighted by Gasteiger charge is -2.14. The van der Waals surface area contributed by atoms with Gasteiger partial charge in [-0.15, -0.1) is 0 Å². The molecule has 1 aromatic rings. The molecule has 1 aliphatic rings. The van der Waals surface area contributed by atoms with Crippen molar-refractivity contribution in [3.05, 3.63) is 22.7 Å². The molecule has 0 saturated heterocycles. The lowest BCUT2D eigenvalue weighted by atomic mass is 10.1. The van der Waals surface area contributed by atoms with Crippen LogP contribution < -0.4 is 20.1 Å². The normalized spacial score (nSPS) is 17.5. The molecular formula is C14H18ClN3O3. The Morgan fingerprint density at radius 2 is 2.05 bits per heavy atom. The molecular weight excluding hydrogens is 294 g/mol. The number of hydrogen-bond donors (Lipinski definition) is 2. The molecule has 0 spiro atoms. The Bertz CT molecular complexity index is 587. The van der Waals surface area contributed by atoms with Crippen LogP contribution in [-0.2, 0) is 4.79 Å². The van der Waals surface area contributed by atoms with Crippen LogP contribution in [0, 0.1) is 0 Å². The lowest BCUT2D eigenvalue weighted by Crippen LogP contribution is -2.40. The number of amides is 1. The van der Waals surface area contributed by atoms with Crippen molar-refractivity contribution >= 4 is 23.5 Å². The average molecular weight is 312 g/mol. The Labute approximate surface area is 128 Å². The number of nitrogens with zero attached hydrogens (tertiary/aromatic N) is 1. The fourth-order valence-corrected chi connectivity index (χ4v) is 2.41. The van der Waals surface area contributed by atoms with Crippen LogP contribution in [0.4, 0.5) is 0 Å². The van der Waals surface area contributed by atoms with Gasteiger partial charge in [0.05, 0.1) is 19.2 Å². The van der Waals surface area contributed by atoms with E-state index >= 15 is 0 Å². The highest BCUT2D eigenvalue weighted by Gasteiger charge is 2.31. The van der Waals surface area contributed by atoms with Gasteiger partial charge in [0.25, 0.3) is 5.91 Å². The molecule has 114 valence electrons. The first-order chi connectivity index (χ1) is 9.97. The number of guanidine groups is 1. The summed E-state index contributed by atoms with van der Waals surface area (Å²) in [6.45, 7) is 3.93. The van der Waals surface area contributed by atoms with Gasteiger partial charge in [-0.25, -0.2) is 4.99 Å². The molecule has 6 nitrogen and oxygen atoms in total. The Morgan fingerprint density at radius 1 is 1.33 bits per heavy atom. The van der Waals surface area contributed by atoms with Crippen molar-refractivity contribution < 1.29 is 14.3 Å². The number of benzene rings is 1. The third kappa shape index (κ3) is 3.05. The van der Waals surface area contributed by atoms with Gasteiger partial charge >= 0.3 is 0 Å². The Kier molecular flexibility index (Phi) is 4.57. The summed E-state index contributed by atoms with van der Waals surface area (Å²) in [6, 6.07) is 2.90. The van der Waals surface area contributed by atoms with Gasteiger partial charge in [0.1, 0.15) is 0 Å². The first-order valence-electron chi connectivity index (χ1n) is 6.53. The monoisotopic (exact) mass is 311 g/mol. The minimum atomic E-state index is -0.696. The largest absolute Gasteiger partial charge is 0.493 e. The summed E-state index contributed by atoms with van der Waals surface area (Å²) in [5.74, 6) is 1.12. The minimum absolute atomic E-state index is 0.170. The van der Waals surface area contributed by atoms with Gasteiger partial charge in [-0.05, 0) is 19.9 Å². The fourth-order valence-electron chi connectivity index (χ4n) is 2.08. The third-order valence-electron chi connectivity index (χ3n) is 2.98. The van der Waals surface area contributed by atoms with Crippen LogP contribution in [-0.4, -0.2) is 32.1 Å². The summed E-state index contributed by atoms with van der Waals surface area (Å²) < 4.78 is 10.4. The second-order valence-corrected chi connectivity index (χ2v) is 5.25. The number of methoxy groups -OCH3 is 2. The molecule has 0 bridgehead atoms. The molecule has 7 heteroatoms. The van der Waals surface area contributed by atoms with E-state index in [4.69, 9.17) is 21.1 Å². The van der Waals surface area contributed by atoms with Crippen LogP contribution in [0.25, 0.3) is 0 Å². The molecule has 1 atom stereocenters.